The molecule has 0 saturated carbocycles. The normalized spacial score (nSPS) is 10.8. The molecule has 5 heteroatoms. The Bertz CT molecular complexity index is 444. The lowest BCUT2D eigenvalue weighted by Gasteiger charge is -2.07. The topological polar surface area (TPSA) is 52.9 Å². The van der Waals surface area contributed by atoms with Crippen molar-refractivity contribution >= 4 is 12.1 Å². The van der Waals surface area contributed by atoms with Gasteiger partial charge < -0.3 is 5.11 Å². The van der Waals surface area contributed by atoms with E-state index >= 15 is 0 Å². The third kappa shape index (κ3) is 2.79. The van der Waals surface area contributed by atoms with Crippen LogP contribution in [0.5, 0.6) is 5.75 Å². The van der Waals surface area contributed by atoms with Crippen LogP contribution in [0.4, 0.5) is 4.39 Å². The van der Waals surface area contributed by atoms with Crippen molar-refractivity contribution in [3.05, 3.63) is 29.1 Å². The van der Waals surface area contributed by atoms with Crippen molar-refractivity contribution in [3.8, 4) is 5.75 Å². The van der Waals surface area contributed by atoms with Gasteiger partial charge in [0.05, 0.1) is 6.21 Å². The van der Waals surface area contributed by atoms with Gasteiger partial charge in [0.15, 0.2) is 11.6 Å². The lowest BCUT2D eigenvalue weighted by molar-refractivity contribution is -0.127. The van der Waals surface area contributed by atoms with Gasteiger partial charge in [0.2, 0.25) is 5.91 Å². The average molecular weight is 224 g/mol. The summed E-state index contributed by atoms with van der Waals surface area (Å²) in [6.07, 6.45) is 1.24. The van der Waals surface area contributed by atoms with Crippen molar-refractivity contribution in [2.75, 3.05) is 7.05 Å². The van der Waals surface area contributed by atoms with Crippen LogP contribution in [-0.2, 0) is 4.79 Å². The molecule has 0 aliphatic heterocycles. The Morgan fingerprint density at radius 1 is 1.56 bits per heavy atom. The number of hydrazone groups is 1. The van der Waals surface area contributed by atoms with E-state index in [4.69, 9.17) is 0 Å². The summed E-state index contributed by atoms with van der Waals surface area (Å²) < 4.78 is 13.1. The van der Waals surface area contributed by atoms with Crippen molar-refractivity contribution in [2.24, 2.45) is 5.10 Å². The van der Waals surface area contributed by atoms with E-state index in [0.717, 1.165) is 5.01 Å². The number of aromatic hydroxyl groups is 1. The number of carbonyl (C=O) groups is 1. The van der Waals surface area contributed by atoms with Gasteiger partial charge in [-0.25, -0.2) is 9.40 Å². The van der Waals surface area contributed by atoms with E-state index in [1.807, 2.05) is 0 Å². The first-order valence-electron chi connectivity index (χ1n) is 4.69. The second kappa shape index (κ2) is 4.74. The van der Waals surface area contributed by atoms with Crippen LogP contribution in [0.15, 0.2) is 17.2 Å². The predicted octanol–water partition coefficient (Wildman–Crippen LogP) is 1.65. The van der Waals surface area contributed by atoms with Crippen LogP contribution in [0.25, 0.3) is 0 Å². The van der Waals surface area contributed by atoms with E-state index in [9.17, 15) is 14.3 Å². The van der Waals surface area contributed by atoms with Crippen molar-refractivity contribution < 1.29 is 14.3 Å². The summed E-state index contributed by atoms with van der Waals surface area (Å²) >= 11 is 0. The third-order valence-electron chi connectivity index (χ3n) is 2.06. The van der Waals surface area contributed by atoms with Crippen molar-refractivity contribution in [1.82, 2.24) is 5.01 Å². The van der Waals surface area contributed by atoms with Gasteiger partial charge in [-0.3, -0.25) is 4.79 Å². The number of phenols is 1. The van der Waals surface area contributed by atoms with Crippen LogP contribution in [-0.4, -0.2) is 29.3 Å². The van der Waals surface area contributed by atoms with Crippen LogP contribution in [0, 0.1) is 12.7 Å². The number of benzene rings is 1. The standard InChI is InChI=1S/C11H13FN2O2/c1-7-4-9(11(16)10(12)5-7)6-13-14(3)8(2)15/h4-6,16H,1-3H3/b13-6+. The summed E-state index contributed by atoms with van der Waals surface area (Å²) in [4.78, 5) is 10.9. The van der Waals surface area contributed by atoms with Gasteiger partial charge in [0.25, 0.3) is 0 Å². The molecule has 4 nitrogen and oxygen atoms in total. The molecule has 86 valence electrons. The molecular weight excluding hydrogens is 211 g/mol. The first-order valence-corrected chi connectivity index (χ1v) is 4.69. The Kier molecular flexibility index (Phi) is 3.60. The summed E-state index contributed by atoms with van der Waals surface area (Å²) in [5.74, 6) is -1.41. The molecule has 0 aliphatic carbocycles. The Morgan fingerprint density at radius 3 is 2.75 bits per heavy atom. The molecule has 0 spiro atoms. The monoisotopic (exact) mass is 224 g/mol. The van der Waals surface area contributed by atoms with Gasteiger partial charge in [-0.2, -0.15) is 5.10 Å². The number of hydrogen-bond acceptors (Lipinski definition) is 3. The molecule has 16 heavy (non-hydrogen) atoms. The highest BCUT2D eigenvalue weighted by Crippen LogP contribution is 2.21. The Labute approximate surface area is 93.0 Å². The number of aryl methyl sites for hydroxylation is 1. The largest absolute Gasteiger partial charge is 0.504 e. The summed E-state index contributed by atoms with van der Waals surface area (Å²) in [5.41, 5.74) is 0.910. The van der Waals surface area contributed by atoms with Crippen molar-refractivity contribution in [3.63, 3.8) is 0 Å². The summed E-state index contributed by atoms with van der Waals surface area (Å²) in [6, 6.07) is 2.80. The number of amides is 1. The van der Waals surface area contributed by atoms with E-state index < -0.39 is 11.6 Å². The van der Waals surface area contributed by atoms with E-state index in [-0.39, 0.29) is 11.5 Å². The maximum Gasteiger partial charge on any atom is 0.239 e. The summed E-state index contributed by atoms with van der Waals surface area (Å²) in [6.45, 7) is 3.06. The molecule has 0 aliphatic rings. The van der Waals surface area contributed by atoms with Gasteiger partial charge in [0, 0.05) is 19.5 Å². The van der Waals surface area contributed by atoms with Gasteiger partial charge in [-0.05, 0) is 24.6 Å². The highest BCUT2D eigenvalue weighted by atomic mass is 19.1. The van der Waals surface area contributed by atoms with Crippen molar-refractivity contribution in [1.29, 1.82) is 0 Å². The minimum atomic E-state index is -0.702. The van der Waals surface area contributed by atoms with Crippen LogP contribution >= 0.6 is 0 Å². The molecule has 0 aromatic heterocycles. The van der Waals surface area contributed by atoms with Gasteiger partial charge in [0.1, 0.15) is 0 Å². The molecule has 0 atom stereocenters. The predicted molar refractivity (Wildman–Crippen MR) is 58.8 cm³/mol. The maximum absolute atomic E-state index is 13.1. The molecule has 0 bridgehead atoms. The molecule has 1 rings (SSSR count). The van der Waals surface area contributed by atoms with E-state index in [1.54, 1.807) is 13.0 Å². The quantitative estimate of drug-likeness (QED) is 0.613. The Hall–Kier alpha value is -1.91. The molecule has 1 amide bonds. The van der Waals surface area contributed by atoms with E-state index in [2.05, 4.69) is 5.10 Å². The van der Waals surface area contributed by atoms with Crippen LogP contribution in [0.2, 0.25) is 0 Å². The number of phenolic OH excluding ortho intramolecular Hbond substituents is 1. The zero-order chi connectivity index (χ0) is 12.3. The first kappa shape index (κ1) is 12.2. The molecule has 0 heterocycles. The minimum absolute atomic E-state index is 0.241. The molecule has 0 unspecified atom stereocenters. The zero-order valence-corrected chi connectivity index (χ0v) is 9.36. The molecule has 0 radical (unpaired) electrons. The lowest BCUT2D eigenvalue weighted by Crippen LogP contribution is -2.17. The number of hydrogen-bond donors (Lipinski definition) is 1. The zero-order valence-electron chi connectivity index (χ0n) is 9.36. The Balaban J connectivity index is 3.01. The minimum Gasteiger partial charge on any atom is -0.504 e. The fourth-order valence-electron chi connectivity index (χ4n) is 1.09. The number of carbonyl (C=O) groups excluding carboxylic acids is 1. The Morgan fingerprint density at radius 2 is 2.19 bits per heavy atom. The second-order valence-corrected chi connectivity index (χ2v) is 3.47. The molecule has 1 aromatic carbocycles. The van der Waals surface area contributed by atoms with Crippen LogP contribution < -0.4 is 0 Å². The first-order chi connectivity index (χ1) is 7.41. The van der Waals surface area contributed by atoms with E-state index in [1.165, 1.54) is 26.3 Å². The highest BCUT2D eigenvalue weighted by Gasteiger charge is 2.07. The fourth-order valence-corrected chi connectivity index (χ4v) is 1.09. The van der Waals surface area contributed by atoms with E-state index in [0.29, 0.717) is 5.56 Å². The fraction of sp³-hybridized carbons (Fsp3) is 0.273. The third-order valence-corrected chi connectivity index (χ3v) is 2.06. The highest BCUT2D eigenvalue weighted by molar-refractivity contribution is 5.85. The molecule has 1 aromatic rings. The molecular formula is C11H13FN2O2. The summed E-state index contributed by atoms with van der Waals surface area (Å²) in [7, 11) is 1.47. The van der Waals surface area contributed by atoms with Gasteiger partial charge >= 0.3 is 0 Å². The van der Waals surface area contributed by atoms with Crippen LogP contribution in [0.1, 0.15) is 18.1 Å². The summed E-state index contributed by atoms with van der Waals surface area (Å²) in [5, 5.41) is 14.3. The number of rotatable bonds is 2. The number of nitrogens with zero attached hydrogens (tertiary/aromatic N) is 2. The smallest absolute Gasteiger partial charge is 0.239 e. The average Bonchev–Trinajstić information content (AvgIpc) is 2.20. The second-order valence-electron chi connectivity index (χ2n) is 3.47. The SMILES string of the molecule is CC(=O)N(C)/N=C/c1cc(C)cc(F)c1O. The van der Waals surface area contributed by atoms with Crippen molar-refractivity contribution in [2.45, 2.75) is 13.8 Å². The molecule has 1 N–H and O–H groups in total. The number of halogens is 1. The van der Waals surface area contributed by atoms with Gasteiger partial charge in [-0.15, -0.1) is 0 Å². The van der Waals surface area contributed by atoms with Crippen LogP contribution in [0.3, 0.4) is 0 Å². The molecule has 0 saturated heterocycles. The molecule has 0 fully saturated rings. The maximum atomic E-state index is 13.1. The van der Waals surface area contributed by atoms with Gasteiger partial charge in [-0.1, -0.05) is 0 Å². The lowest BCUT2D eigenvalue weighted by atomic mass is 10.1.